The quantitative estimate of drug-likeness (QED) is 0.675. The summed E-state index contributed by atoms with van der Waals surface area (Å²) in [6.45, 7) is 2.79. The number of rotatable bonds is 6. The maximum atomic E-state index is 6.15. The highest BCUT2D eigenvalue weighted by Gasteiger charge is 2.02. The monoisotopic (exact) mass is 338 g/mol. The molecule has 0 saturated heterocycles. The summed E-state index contributed by atoms with van der Waals surface area (Å²) in [6.07, 6.45) is 2.49. The van der Waals surface area contributed by atoms with E-state index in [1.165, 1.54) is 5.56 Å². The molecule has 24 heavy (non-hydrogen) atoms. The van der Waals surface area contributed by atoms with E-state index in [2.05, 4.69) is 44.9 Å². The van der Waals surface area contributed by atoms with Gasteiger partial charge in [-0.3, -0.25) is 0 Å². The van der Waals surface area contributed by atoms with Crippen molar-refractivity contribution in [3.8, 4) is 0 Å². The molecule has 0 radical (unpaired) electrons. The van der Waals surface area contributed by atoms with E-state index in [1.54, 1.807) is 6.33 Å². The van der Waals surface area contributed by atoms with Crippen LogP contribution in [0.4, 0.5) is 17.3 Å². The van der Waals surface area contributed by atoms with Crippen molar-refractivity contribution >= 4 is 28.9 Å². The van der Waals surface area contributed by atoms with E-state index in [-0.39, 0.29) is 0 Å². The van der Waals surface area contributed by atoms with Gasteiger partial charge in [-0.2, -0.15) is 0 Å². The maximum Gasteiger partial charge on any atom is 0.135 e. The van der Waals surface area contributed by atoms with Gasteiger partial charge < -0.3 is 10.6 Å². The number of halogens is 1. The van der Waals surface area contributed by atoms with Crippen molar-refractivity contribution in [2.45, 2.75) is 13.3 Å². The molecule has 0 amide bonds. The topological polar surface area (TPSA) is 49.8 Å². The fraction of sp³-hybridized carbons (Fsp3) is 0.158. The van der Waals surface area contributed by atoms with Gasteiger partial charge in [-0.25, -0.2) is 9.97 Å². The van der Waals surface area contributed by atoms with Gasteiger partial charge >= 0.3 is 0 Å². The van der Waals surface area contributed by atoms with Gasteiger partial charge in [0.1, 0.15) is 18.0 Å². The Bertz CT molecular complexity index is 805. The summed E-state index contributed by atoms with van der Waals surface area (Å²) in [6, 6.07) is 18.1. The van der Waals surface area contributed by atoms with E-state index < -0.39 is 0 Å². The number of aryl methyl sites for hydroxylation is 1. The van der Waals surface area contributed by atoms with Crippen LogP contribution in [0.3, 0.4) is 0 Å². The molecule has 1 heterocycles. The molecule has 2 aromatic carbocycles. The second-order valence-electron chi connectivity index (χ2n) is 5.54. The summed E-state index contributed by atoms with van der Waals surface area (Å²) in [5.41, 5.74) is 3.25. The summed E-state index contributed by atoms with van der Waals surface area (Å²) < 4.78 is 0. The predicted octanol–water partition coefficient (Wildman–Crippen LogP) is 4.84. The molecule has 1 aromatic heterocycles. The van der Waals surface area contributed by atoms with Crippen molar-refractivity contribution in [3.63, 3.8) is 0 Å². The summed E-state index contributed by atoms with van der Waals surface area (Å²) in [5.74, 6) is 1.52. The third-order valence-corrected chi connectivity index (χ3v) is 4.08. The Labute approximate surface area is 146 Å². The first-order chi connectivity index (χ1) is 11.7. The summed E-state index contributed by atoms with van der Waals surface area (Å²) in [7, 11) is 0. The van der Waals surface area contributed by atoms with Crippen LogP contribution in [0, 0.1) is 6.92 Å². The normalized spacial score (nSPS) is 10.4. The number of hydrogen-bond acceptors (Lipinski definition) is 4. The Hall–Kier alpha value is -2.59. The molecule has 3 rings (SSSR count). The van der Waals surface area contributed by atoms with Crippen LogP contribution in [0.2, 0.25) is 5.02 Å². The van der Waals surface area contributed by atoms with Crippen LogP contribution in [-0.2, 0) is 6.42 Å². The molecule has 0 spiro atoms. The van der Waals surface area contributed by atoms with Crippen LogP contribution < -0.4 is 10.6 Å². The van der Waals surface area contributed by atoms with Crippen molar-refractivity contribution in [2.24, 2.45) is 0 Å². The molecule has 0 unspecified atom stereocenters. The molecule has 0 fully saturated rings. The lowest BCUT2D eigenvalue weighted by molar-refractivity contribution is 1.000. The van der Waals surface area contributed by atoms with Gasteiger partial charge in [-0.05, 0) is 36.6 Å². The molecule has 3 aromatic rings. The largest absolute Gasteiger partial charge is 0.370 e. The van der Waals surface area contributed by atoms with Gasteiger partial charge in [-0.15, -0.1) is 0 Å². The maximum absolute atomic E-state index is 6.15. The average Bonchev–Trinajstić information content (AvgIpc) is 2.60. The zero-order chi connectivity index (χ0) is 16.8. The van der Waals surface area contributed by atoms with E-state index in [9.17, 15) is 0 Å². The SMILES string of the molecule is Cc1ccc(Nc2cc(NCCc3ccccc3)ncn2)cc1Cl. The molecule has 0 bridgehead atoms. The average molecular weight is 339 g/mol. The van der Waals surface area contributed by atoms with Gasteiger partial charge in [0.2, 0.25) is 0 Å². The number of nitrogens with one attached hydrogen (secondary N) is 2. The summed E-state index contributed by atoms with van der Waals surface area (Å²) in [5, 5.41) is 7.30. The summed E-state index contributed by atoms with van der Waals surface area (Å²) in [4.78, 5) is 8.50. The van der Waals surface area contributed by atoms with Gasteiger partial charge in [-0.1, -0.05) is 48.0 Å². The van der Waals surface area contributed by atoms with E-state index in [0.29, 0.717) is 0 Å². The molecule has 122 valence electrons. The first-order valence-electron chi connectivity index (χ1n) is 7.84. The van der Waals surface area contributed by atoms with E-state index >= 15 is 0 Å². The Kier molecular flexibility index (Phi) is 5.29. The minimum absolute atomic E-state index is 0.729. The van der Waals surface area contributed by atoms with Crippen LogP contribution in [0.15, 0.2) is 60.9 Å². The van der Waals surface area contributed by atoms with Crippen molar-refractivity contribution in [2.75, 3.05) is 17.2 Å². The fourth-order valence-electron chi connectivity index (χ4n) is 2.32. The highest BCUT2D eigenvalue weighted by molar-refractivity contribution is 6.31. The number of nitrogens with zero attached hydrogens (tertiary/aromatic N) is 2. The zero-order valence-electron chi connectivity index (χ0n) is 13.5. The van der Waals surface area contributed by atoms with Crippen molar-refractivity contribution in [1.29, 1.82) is 0 Å². The second-order valence-corrected chi connectivity index (χ2v) is 5.95. The van der Waals surface area contributed by atoms with E-state index in [4.69, 9.17) is 11.6 Å². The van der Waals surface area contributed by atoms with E-state index in [1.807, 2.05) is 37.3 Å². The molecule has 0 atom stereocenters. The third-order valence-electron chi connectivity index (χ3n) is 3.67. The van der Waals surface area contributed by atoms with Gasteiger partial charge in [0.25, 0.3) is 0 Å². The van der Waals surface area contributed by atoms with Crippen LogP contribution in [0.5, 0.6) is 0 Å². The van der Waals surface area contributed by atoms with Gasteiger partial charge in [0.15, 0.2) is 0 Å². The molecular weight excluding hydrogens is 320 g/mol. The zero-order valence-corrected chi connectivity index (χ0v) is 14.2. The lowest BCUT2D eigenvalue weighted by Crippen LogP contribution is -2.07. The van der Waals surface area contributed by atoms with Crippen LogP contribution >= 0.6 is 11.6 Å². The number of hydrogen-bond donors (Lipinski definition) is 2. The fourth-order valence-corrected chi connectivity index (χ4v) is 2.50. The molecule has 5 heteroatoms. The minimum Gasteiger partial charge on any atom is -0.370 e. The molecule has 0 aliphatic heterocycles. The highest BCUT2D eigenvalue weighted by atomic mass is 35.5. The Morgan fingerprint density at radius 3 is 2.54 bits per heavy atom. The molecular formula is C19H19ClN4. The molecule has 4 nitrogen and oxygen atoms in total. The Morgan fingerprint density at radius 2 is 1.75 bits per heavy atom. The van der Waals surface area contributed by atoms with Crippen molar-refractivity contribution in [3.05, 3.63) is 77.1 Å². The standard InChI is InChI=1S/C19H19ClN4/c1-14-7-8-16(11-17(14)20)24-19-12-18(22-13-23-19)21-10-9-15-5-3-2-4-6-15/h2-8,11-13H,9-10H2,1H3,(H2,21,22,23,24). The third kappa shape index (κ3) is 4.46. The van der Waals surface area contributed by atoms with Crippen LogP contribution in [0.25, 0.3) is 0 Å². The Balaban J connectivity index is 1.60. The lowest BCUT2D eigenvalue weighted by Gasteiger charge is -2.09. The predicted molar refractivity (Wildman–Crippen MR) is 100 cm³/mol. The van der Waals surface area contributed by atoms with Gasteiger partial charge in [0, 0.05) is 23.3 Å². The highest BCUT2D eigenvalue weighted by Crippen LogP contribution is 2.22. The van der Waals surface area contributed by atoms with Crippen LogP contribution in [-0.4, -0.2) is 16.5 Å². The second kappa shape index (κ2) is 7.79. The minimum atomic E-state index is 0.729. The Morgan fingerprint density at radius 1 is 0.958 bits per heavy atom. The first kappa shape index (κ1) is 16.3. The van der Waals surface area contributed by atoms with Gasteiger partial charge in [0.05, 0.1) is 0 Å². The molecule has 0 aliphatic rings. The first-order valence-corrected chi connectivity index (χ1v) is 8.21. The lowest BCUT2D eigenvalue weighted by atomic mass is 10.1. The number of benzene rings is 2. The van der Waals surface area contributed by atoms with Crippen molar-refractivity contribution in [1.82, 2.24) is 9.97 Å². The number of aromatic nitrogens is 2. The van der Waals surface area contributed by atoms with Crippen molar-refractivity contribution < 1.29 is 0 Å². The molecule has 0 saturated carbocycles. The van der Waals surface area contributed by atoms with Crippen LogP contribution in [0.1, 0.15) is 11.1 Å². The van der Waals surface area contributed by atoms with E-state index in [0.717, 1.165) is 40.9 Å². The molecule has 2 N–H and O–H groups in total. The molecule has 0 aliphatic carbocycles. The smallest absolute Gasteiger partial charge is 0.135 e. The summed E-state index contributed by atoms with van der Waals surface area (Å²) >= 11 is 6.15. The number of anilines is 3.